The lowest BCUT2D eigenvalue weighted by molar-refractivity contribution is -0.125. The number of ether oxygens (including phenoxy) is 3. The summed E-state index contributed by atoms with van der Waals surface area (Å²) in [5, 5.41) is 5.26. The average Bonchev–Trinajstić information content (AvgIpc) is 2.78. The van der Waals surface area contributed by atoms with E-state index in [4.69, 9.17) is 14.2 Å². The second kappa shape index (κ2) is 10.5. The highest BCUT2D eigenvalue weighted by atomic mass is 16.5. The first-order valence-electron chi connectivity index (χ1n) is 9.29. The maximum Gasteiger partial charge on any atom is 0.258 e. The summed E-state index contributed by atoms with van der Waals surface area (Å²) < 4.78 is 16.3. The van der Waals surface area contributed by atoms with Crippen molar-refractivity contribution in [2.24, 2.45) is 0 Å². The zero-order chi connectivity index (χ0) is 21.2. The molecule has 0 atom stereocenters. The van der Waals surface area contributed by atoms with Gasteiger partial charge < -0.3 is 24.8 Å². The van der Waals surface area contributed by atoms with Gasteiger partial charge in [0.25, 0.3) is 5.91 Å². The molecule has 0 aliphatic carbocycles. The van der Waals surface area contributed by atoms with Crippen LogP contribution in [0.5, 0.6) is 23.0 Å². The first-order valence-corrected chi connectivity index (χ1v) is 9.29. The molecule has 0 spiro atoms. The highest BCUT2D eigenvalue weighted by Gasteiger charge is 2.10. The van der Waals surface area contributed by atoms with Crippen LogP contribution >= 0.6 is 0 Å². The Morgan fingerprint density at radius 3 is 2.17 bits per heavy atom. The number of anilines is 1. The van der Waals surface area contributed by atoms with Crippen molar-refractivity contribution in [2.45, 2.75) is 0 Å². The zero-order valence-electron chi connectivity index (χ0n) is 16.5. The van der Waals surface area contributed by atoms with Crippen LogP contribution in [0.15, 0.2) is 78.9 Å². The Labute approximate surface area is 174 Å². The van der Waals surface area contributed by atoms with Crippen LogP contribution < -0.4 is 24.8 Å². The molecule has 2 amide bonds. The molecule has 0 radical (unpaired) electrons. The summed E-state index contributed by atoms with van der Waals surface area (Å²) in [5.74, 6) is 1.60. The number of carbonyl (C=O) groups is 2. The Balaban J connectivity index is 1.46. The largest absolute Gasteiger partial charge is 0.497 e. The van der Waals surface area contributed by atoms with Crippen molar-refractivity contribution in [3.8, 4) is 23.0 Å². The van der Waals surface area contributed by atoms with Gasteiger partial charge in [-0.25, -0.2) is 0 Å². The van der Waals surface area contributed by atoms with Crippen LogP contribution in [0.4, 0.5) is 5.69 Å². The molecule has 3 aromatic carbocycles. The molecular weight excluding hydrogens is 384 g/mol. The van der Waals surface area contributed by atoms with E-state index >= 15 is 0 Å². The number of benzene rings is 3. The molecule has 7 nitrogen and oxygen atoms in total. The number of methoxy groups -OCH3 is 1. The topological polar surface area (TPSA) is 85.9 Å². The van der Waals surface area contributed by atoms with Crippen LogP contribution in [0.3, 0.4) is 0 Å². The second-order valence-corrected chi connectivity index (χ2v) is 6.20. The summed E-state index contributed by atoms with van der Waals surface area (Å²) in [6, 6.07) is 23.2. The smallest absolute Gasteiger partial charge is 0.258 e. The number of carbonyl (C=O) groups excluding carboxylic acids is 2. The van der Waals surface area contributed by atoms with E-state index in [-0.39, 0.29) is 19.1 Å². The summed E-state index contributed by atoms with van der Waals surface area (Å²) in [5.41, 5.74) is 0.509. The van der Waals surface area contributed by atoms with Gasteiger partial charge >= 0.3 is 0 Å². The van der Waals surface area contributed by atoms with Crippen molar-refractivity contribution in [1.82, 2.24) is 5.32 Å². The monoisotopic (exact) mass is 406 g/mol. The molecule has 0 aliphatic rings. The number of amides is 2. The quantitative estimate of drug-likeness (QED) is 0.567. The first kappa shape index (κ1) is 20.7. The van der Waals surface area contributed by atoms with Crippen LogP contribution in [0, 0.1) is 0 Å². The summed E-state index contributed by atoms with van der Waals surface area (Å²) >= 11 is 0. The summed E-state index contributed by atoms with van der Waals surface area (Å²) in [6.45, 7) is -0.391. The molecule has 0 fully saturated rings. The van der Waals surface area contributed by atoms with Gasteiger partial charge in [0.1, 0.15) is 17.2 Å². The minimum atomic E-state index is -0.408. The van der Waals surface area contributed by atoms with Gasteiger partial charge in [-0.3, -0.25) is 9.59 Å². The van der Waals surface area contributed by atoms with E-state index in [0.29, 0.717) is 28.7 Å². The van der Waals surface area contributed by atoms with Gasteiger partial charge in [-0.05, 0) is 48.5 Å². The van der Waals surface area contributed by atoms with E-state index < -0.39 is 5.91 Å². The fourth-order valence-corrected chi connectivity index (χ4v) is 2.52. The lowest BCUT2D eigenvalue weighted by Crippen LogP contribution is -2.35. The molecule has 154 valence electrons. The first-order chi connectivity index (χ1) is 14.6. The fraction of sp³-hybridized carbons (Fsp3) is 0.130. The highest BCUT2D eigenvalue weighted by molar-refractivity contribution is 5.95. The molecule has 0 aromatic heterocycles. The van der Waals surface area contributed by atoms with Crippen molar-refractivity contribution in [3.05, 3.63) is 78.9 Å². The SMILES string of the molecule is COc1ccc(OCC(=O)NCC(=O)Nc2ccccc2Oc2ccccc2)cc1. The number of hydrogen-bond donors (Lipinski definition) is 2. The third kappa shape index (κ3) is 6.27. The Bertz CT molecular complexity index is 974. The van der Waals surface area contributed by atoms with Gasteiger partial charge in [0.15, 0.2) is 12.4 Å². The van der Waals surface area contributed by atoms with Gasteiger partial charge in [-0.2, -0.15) is 0 Å². The Morgan fingerprint density at radius 1 is 0.767 bits per heavy atom. The molecule has 2 N–H and O–H groups in total. The summed E-state index contributed by atoms with van der Waals surface area (Å²) in [7, 11) is 1.57. The molecule has 3 rings (SSSR count). The summed E-state index contributed by atoms with van der Waals surface area (Å²) in [4.78, 5) is 24.2. The van der Waals surface area contributed by atoms with Crippen molar-refractivity contribution in [3.63, 3.8) is 0 Å². The Morgan fingerprint density at radius 2 is 1.43 bits per heavy atom. The number of rotatable bonds is 9. The number of para-hydroxylation sites is 3. The molecule has 0 unspecified atom stereocenters. The second-order valence-electron chi connectivity index (χ2n) is 6.20. The van der Waals surface area contributed by atoms with Gasteiger partial charge in [-0.1, -0.05) is 30.3 Å². The lowest BCUT2D eigenvalue weighted by atomic mass is 10.3. The summed E-state index contributed by atoms with van der Waals surface area (Å²) in [6.07, 6.45) is 0. The van der Waals surface area contributed by atoms with Crippen molar-refractivity contribution in [1.29, 1.82) is 0 Å². The molecule has 0 heterocycles. The van der Waals surface area contributed by atoms with Crippen molar-refractivity contribution < 1.29 is 23.8 Å². The van der Waals surface area contributed by atoms with Gasteiger partial charge in [0.2, 0.25) is 5.91 Å². The minimum Gasteiger partial charge on any atom is -0.497 e. The van der Waals surface area contributed by atoms with E-state index in [1.165, 1.54) is 0 Å². The highest BCUT2D eigenvalue weighted by Crippen LogP contribution is 2.28. The molecule has 7 heteroatoms. The number of nitrogens with one attached hydrogen (secondary N) is 2. The van der Waals surface area contributed by atoms with E-state index in [2.05, 4.69) is 10.6 Å². The van der Waals surface area contributed by atoms with Crippen LogP contribution in [-0.4, -0.2) is 32.1 Å². The Kier molecular flexibility index (Phi) is 7.27. The van der Waals surface area contributed by atoms with E-state index in [1.807, 2.05) is 36.4 Å². The predicted molar refractivity (Wildman–Crippen MR) is 113 cm³/mol. The van der Waals surface area contributed by atoms with Crippen LogP contribution in [-0.2, 0) is 9.59 Å². The van der Waals surface area contributed by atoms with Crippen molar-refractivity contribution >= 4 is 17.5 Å². The standard InChI is InChI=1S/C23H22N2O5/c1-28-17-11-13-18(14-12-17)29-16-23(27)24-15-22(26)25-20-9-5-6-10-21(20)30-19-7-3-2-4-8-19/h2-14H,15-16H2,1H3,(H,24,27)(H,25,26). The number of hydrogen-bond acceptors (Lipinski definition) is 5. The lowest BCUT2D eigenvalue weighted by Gasteiger charge is -2.12. The van der Waals surface area contributed by atoms with Crippen LogP contribution in [0.2, 0.25) is 0 Å². The van der Waals surface area contributed by atoms with Gasteiger partial charge in [0.05, 0.1) is 19.3 Å². The molecule has 0 saturated carbocycles. The Hall–Kier alpha value is -4.00. The predicted octanol–water partition coefficient (Wildman–Crippen LogP) is 3.62. The van der Waals surface area contributed by atoms with Crippen LogP contribution in [0.1, 0.15) is 0 Å². The maximum absolute atomic E-state index is 12.2. The normalized spacial score (nSPS) is 10.0. The maximum atomic E-state index is 12.2. The van der Waals surface area contributed by atoms with Gasteiger partial charge in [0, 0.05) is 0 Å². The molecule has 0 saturated heterocycles. The fourth-order valence-electron chi connectivity index (χ4n) is 2.52. The van der Waals surface area contributed by atoms with E-state index in [9.17, 15) is 9.59 Å². The van der Waals surface area contributed by atoms with Crippen LogP contribution in [0.25, 0.3) is 0 Å². The molecular formula is C23H22N2O5. The third-order valence-corrected chi connectivity index (χ3v) is 4.01. The van der Waals surface area contributed by atoms with Crippen molar-refractivity contribution in [2.75, 3.05) is 25.6 Å². The zero-order valence-corrected chi connectivity index (χ0v) is 16.5. The average molecular weight is 406 g/mol. The third-order valence-electron chi connectivity index (χ3n) is 4.01. The van der Waals surface area contributed by atoms with E-state index in [1.54, 1.807) is 49.6 Å². The van der Waals surface area contributed by atoms with Gasteiger partial charge in [-0.15, -0.1) is 0 Å². The molecule has 3 aromatic rings. The molecule has 30 heavy (non-hydrogen) atoms. The molecule has 0 aliphatic heterocycles. The minimum absolute atomic E-state index is 0.190. The van der Waals surface area contributed by atoms with E-state index in [0.717, 1.165) is 0 Å². The molecule has 0 bridgehead atoms.